The maximum Gasteiger partial charge on any atom is 0.324 e. The minimum atomic E-state index is -0.874. The van der Waals surface area contributed by atoms with Gasteiger partial charge in [-0.1, -0.05) is 12.1 Å². The first-order valence-corrected chi connectivity index (χ1v) is 6.37. The van der Waals surface area contributed by atoms with E-state index in [1.807, 2.05) is 28.8 Å². The highest BCUT2D eigenvalue weighted by molar-refractivity contribution is 6.05. The number of Topliss-reactive ketones (excluding diaryl/α,β-unsaturated/α-hetero) is 1. The van der Waals surface area contributed by atoms with Crippen LogP contribution in [-0.4, -0.2) is 27.9 Å². The fourth-order valence-electron chi connectivity index (χ4n) is 2.52. The van der Waals surface area contributed by atoms with E-state index in [9.17, 15) is 9.59 Å². The molecule has 1 aromatic heterocycles. The van der Waals surface area contributed by atoms with E-state index in [0.29, 0.717) is 18.8 Å². The quantitative estimate of drug-likeness (QED) is 0.607. The molecule has 1 unspecified atom stereocenters. The molecule has 2 aromatic rings. The second kappa shape index (κ2) is 4.50. The highest BCUT2D eigenvalue weighted by Gasteiger charge is 2.37. The Bertz CT molecular complexity index is 660. The lowest BCUT2D eigenvalue weighted by Crippen LogP contribution is -2.32. The molecule has 5 nitrogen and oxygen atoms in total. The van der Waals surface area contributed by atoms with Gasteiger partial charge in [-0.25, -0.2) is 4.98 Å². The van der Waals surface area contributed by atoms with E-state index in [2.05, 4.69) is 4.98 Å². The first kappa shape index (κ1) is 11.9. The molecule has 0 aliphatic carbocycles. The van der Waals surface area contributed by atoms with E-state index in [1.54, 1.807) is 6.92 Å². The molecule has 0 saturated carbocycles. The number of imidazole rings is 1. The molecule has 1 aliphatic heterocycles. The number of nitrogens with zero attached hydrogens (tertiary/aromatic N) is 2. The molecule has 1 aromatic carbocycles. The van der Waals surface area contributed by atoms with Crippen LogP contribution < -0.4 is 0 Å². The second-order valence-corrected chi connectivity index (χ2v) is 4.51. The zero-order chi connectivity index (χ0) is 13.4. The van der Waals surface area contributed by atoms with Crippen LogP contribution in [0.1, 0.15) is 25.1 Å². The number of ether oxygens (including phenoxy) is 1. The molecule has 98 valence electrons. The number of hydrogen-bond acceptors (Lipinski definition) is 4. The molecule has 0 spiro atoms. The topological polar surface area (TPSA) is 61.2 Å². The smallest absolute Gasteiger partial charge is 0.324 e. The number of aryl methyl sites for hydroxylation is 1. The lowest BCUT2D eigenvalue weighted by molar-refractivity contribution is -0.148. The molecule has 0 saturated heterocycles. The maximum absolute atomic E-state index is 12.0. The summed E-state index contributed by atoms with van der Waals surface area (Å²) in [5.74, 6) is -0.970. The summed E-state index contributed by atoms with van der Waals surface area (Å²) in [4.78, 5) is 28.4. The molecule has 0 radical (unpaired) electrons. The number of rotatable bonds is 2. The molecule has 1 atom stereocenters. The van der Waals surface area contributed by atoms with Crippen LogP contribution in [0.15, 0.2) is 24.3 Å². The van der Waals surface area contributed by atoms with Gasteiger partial charge in [0.2, 0.25) is 0 Å². The van der Waals surface area contributed by atoms with Gasteiger partial charge in [0.15, 0.2) is 11.7 Å². The normalized spacial score (nSPS) is 18.4. The third-order valence-corrected chi connectivity index (χ3v) is 3.37. The number of fused-ring (bicyclic) bond motifs is 3. The van der Waals surface area contributed by atoms with E-state index < -0.39 is 11.9 Å². The van der Waals surface area contributed by atoms with Crippen molar-refractivity contribution in [2.45, 2.75) is 25.8 Å². The molecule has 0 bridgehead atoms. The first-order chi connectivity index (χ1) is 9.22. The number of esters is 1. The molecule has 5 heteroatoms. The van der Waals surface area contributed by atoms with Crippen molar-refractivity contribution in [2.75, 3.05) is 6.61 Å². The fraction of sp³-hybridized carbons (Fsp3) is 0.357. The fourth-order valence-corrected chi connectivity index (χ4v) is 2.52. The van der Waals surface area contributed by atoms with Crippen molar-refractivity contribution in [3.63, 3.8) is 0 Å². The van der Waals surface area contributed by atoms with Crippen molar-refractivity contribution >= 4 is 22.8 Å². The van der Waals surface area contributed by atoms with E-state index in [-0.39, 0.29) is 12.4 Å². The van der Waals surface area contributed by atoms with Crippen molar-refractivity contribution in [1.82, 2.24) is 9.55 Å². The summed E-state index contributed by atoms with van der Waals surface area (Å²) in [6, 6.07) is 7.65. The number of para-hydroxylation sites is 2. The number of ketones is 1. The van der Waals surface area contributed by atoms with Crippen LogP contribution in [0.4, 0.5) is 0 Å². The summed E-state index contributed by atoms with van der Waals surface area (Å²) < 4.78 is 6.93. The van der Waals surface area contributed by atoms with Crippen LogP contribution in [0.25, 0.3) is 11.0 Å². The third kappa shape index (κ3) is 1.82. The van der Waals surface area contributed by atoms with E-state index in [0.717, 1.165) is 11.0 Å². The van der Waals surface area contributed by atoms with Crippen LogP contribution in [0.3, 0.4) is 0 Å². The Kier molecular flexibility index (Phi) is 2.81. The van der Waals surface area contributed by atoms with Crippen LogP contribution in [-0.2, 0) is 20.9 Å². The average molecular weight is 258 g/mol. The van der Waals surface area contributed by atoms with Crippen molar-refractivity contribution in [1.29, 1.82) is 0 Å². The Labute approximate surface area is 110 Å². The highest BCUT2D eigenvalue weighted by Crippen LogP contribution is 2.29. The predicted octanol–water partition coefficient (Wildman–Crippen LogP) is 1.66. The standard InChI is InChI=1S/C14H14N2O3/c1-2-19-14(18)12-11(17)7-8-16-10-6-4-3-5-9(10)15-13(12)16/h3-6,12H,2,7-8H2,1H3. The summed E-state index contributed by atoms with van der Waals surface area (Å²) in [6.45, 7) is 2.57. The Balaban J connectivity index is 2.14. The SMILES string of the molecule is CCOC(=O)C1C(=O)CCn2c1nc1ccccc12. The van der Waals surface area contributed by atoms with Gasteiger partial charge in [-0.15, -0.1) is 0 Å². The van der Waals surface area contributed by atoms with Gasteiger partial charge in [0.1, 0.15) is 5.82 Å². The van der Waals surface area contributed by atoms with Crippen molar-refractivity contribution in [3.05, 3.63) is 30.1 Å². The summed E-state index contributed by atoms with van der Waals surface area (Å²) in [5, 5.41) is 0. The monoisotopic (exact) mass is 258 g/mol. The molecule has 19 heavy (non-hydrogen) atoms. The van der Waals surface area contributed by atoms with Crippen LogP contribution in [0.2, 0.25) is 0 Å². The molecule has 0 N–H and O–H groups in total. The van der Waals surface area contributed by atoms with Crippen molar-refractivity contribution in [3.8, 4) is 0 Å². The number of aromatic nitrogens is 2. The van der Waals surface area contributed by atoms with Crippen LogP contribution >= 0.6 is 0 Å². The number of carbonyl (C=O) groups excluding carboxylic acids is 2. The van der Waals surface area contributed by atoms with Gasteiger partial charge in [-0.05, 0) is 19.1 Å². The zero-order valence-corrected chi connectivity index (χ0v) is 10.6. The summed E-state index contributed by atoms with van der Waals surface area (Å²) >= 11 is 0. The van der Waals surface area contributed by atoms with Crippen molar-refractivity contribution < 1.29 is 14.3 Å². The van der Waals surface area contributed by atoms with E-state index in [1.165, 1.54) is 0 Å². The Hall–Kier alpha value is -2.17. The lowest BCUT2D eigenvalue weighted by Gasteiger charge is -2.21. The predicted molar refractivity (Wildman–Crippen MR) is 68.7 cm³/mol. The van der Waals surface area contributed by atoms with Crippen molar-refractivity contribution in [2.24, 2.45) is 0 Å². The molecule has 0 fully saturated rings. The summed E-state index contributed by atoms with van der Waals surface area (Å²) in [6.07, 6.45) is 0.344. The van der Waals surface area contributed by atoms with Gasteiger partial charge >= 0.3 is 5.97 Å². The highest BCUT2D eigenvalue weighted by atomic mass is 16.5. The van der Waals surface area contributed by atoms with E-state index in [4.69, 9.17) is 4.74 Å². The second-order valence-electron chi connectivity index (χ2n) is 4.51. The van der Waals surface area contributed by atoms with E-state index >= 15 is 0 Å². The third-order valence-electron chi connectivity index (χ3n) is 3.37. The summed E-state index contributed by atoms with van der Waals surface area (Å²) in [5.41, 5.74) is 1.76. The molecule has 1 aliphatic rings. The van der Waals surface area contributed by atoms with Crippen LogP contribution in [0, 0.1) is 0 Å². The Morgan fingerprint density at radius 3 is 3.05 bits per heavy atom. The lowest BCUT2D eigenvalue weighted by atomic mass is 9.97. The largest absolute Gasteiger partial charge is 0.465 e. The Morgan fingerprint density at radius 1 is 1.47 bits per heavy atom. The molecular formula is C14H14N2O3. The van der Waals surface area contributed by atoms with Gasteiger partial charge in [0.05, 0.1) is 17.6 Å². The van der Waals surface area contributed by atoms with Gasteiger partial charge in [-0.3, -0.25) is 9.59 Å². The number of hydrogen-bond donors (Lipinski definition) is 0. The molecule has 2 heterocycles. The van der Waals surface area contributed by atoms with Gasteiger partial charge in [0, 0.05) is 13.0 Å². The molecule has 0 amide bonds. The Morgan fingerprint density at radius 2 is 2.26 bits per heavy atom. The number of benzene rings is 1. The summed E-state index contributed by atoms with van der Waals surface area (Å²) in [7, 11) is 0. The zero-order valence-electron chi connectivity index (χ0n) is 10.6. The number of carbonyl (C=O) groups is 2. The first-order valence-electron chi connectivity index (χ1n) is 6.37. The van der Waals surface area contributed by atoms with Crippen LogP contribution in [0.5, 0.6) is 0 Å². The minimum absolute atomic E-state index is 0.110. The molecule has 3 rings (SSSR count). The van der Waals surface area contributed by atoms with Gasteiger partial charge < -0.3 is 9.30 Å². The maximum atomic E-state index is 12.0. The van der Waals surface area contributed by atoms with Gasteiger partial charge in [0.25, 0.3) is 0 Å². The minimum Gasteiger partial charge on any atom is -0.465 e. The average Bonchev–Trinajstić information content (AvgIpc) is 2.76. The molecular weight excluding hydrogens is 244 g/mol. The van der Waals surface area contributed by atoms with Gasteiger partial charge in [-0.2, -0.15) is 0 Å².